The minimum atomic E-state index is -0.228. The zero-order valence-corrected chi connectivity index (χ0v) is 10.8. The molecular weight excluding hydrogens is 247 g/mol. The molecule has 5 heteroatoms. The molecule has 0 unspecified atom stereocenters. The number of aryl methyl sites for hydroxylation is 1. The molecule has 0 aliphatic rings. The first kappa shape index (κ1) is 13.0. The van der Waals surface area contributed by atoms with E-state index in [0.717, 1.165) is 11.1 Å². The standard InChI is InChI=1S/C11H12Cl2N2O/c1-6(2)4-9(16)15-10-7(3)5-8(12)14-11(10)13/h4-5H,1-3H3,(H,15,16). The Morgan fingerprint density at radius 3 is 2.56 bits per heavy atom. The number of aromatic nitrogens is 1. The van der Waals surface area contributed by atoms with Gasteiger partial charge in [0.1, 0.15) is 5.15 Å². The van der Waals surface area contributed by atoms with Gasteiger partial charge in [-0.15, -0.1) is 0 Å². The van der Waals surface area contributed by atoms with Crippen molar-refractivity contribution in [1.82, 2.24) is 4.98 Å². The molecule has 1 aromatic heterocycles. The minimum absolute atomic E-state index is 0.195. The van der Waals surface area contributed by atoms with Gasteiger partial charge in [0, 0.05) is 6.08 Å². The van der Waals surface area contributed by atoms with Gasteiger partial charge in [0.2, 0.25) is 5.91 Å². The van der Waals surface area contributed by atoms with E-state index in [1.165, 1.54) is 6.08 Å². The number of nitrogens with one attached hydrogen (secondary N) is 1. The molecule has 0 aromatic carbocycles. The van der Waals surface area contributed by atoms with Crippen molar-refractivity contribution in [2.75, 3.05) is 5.32 Å². The van der Waals surface area contributed by atoms with Crippen LogP contribution in [-0.4, -0.2) is 10.9 Å². The van der Waals surface area contributed by atoms with Crippen LogP contribution < -0.4 is 5.32 Å². The SMILES string of the molecule is CC(C)=CC(=O)Nc1c(C)cc(Cl)nc1Cl. The molecule has 86 valence electrons. The van der Waals surface area contributed by atoms with Crippen molar-refractivity contribution in [3.63, 3.8) is 0 Å². The summed E-state index contributed by atoms with van der Waals surface area (Å²) in [6, 6.07) is 1.64. The molecule has 0 bridgehead atoms. The number of allylic oxidation sites excluding steroid dienone is 1. The maximum Gasteiger partial charge on any atom is 0.248 e. The molecule has 0 atom stereocenters. The second-order valence-electron chi connectivity index (χ2n) is 3.64. The van der Waals surface area contributed by atoms with Gasteiger partial charge < -0.3 is 5.32 Å². The Morgan fingerprint density at radius 1 is 1.44 bits per heavy atom. The minimum Gasteiger partial charge on any atom is -0.320 e. The van der Waals surface area contributed by atoms with E-state index in [2.05, 4.69) is 10.3 Å². The Labute approximate surface area is 104 Å². The van der Waals surface area contributed by atoms with Gasteiger partial charge >= 0.3 is 0 Å². The molecule has 16 heavy (non-hydrogen) atoms. The van der Waals surface area contributed by atoms with Gasteiger partial charge in [-0.05, 0) is 32.4 Å². The topological polar surface area (TPSA) is 42.0 Å². The van der Waals surface area contributed by atoms with E-state index in [9.17, 15) is 4.79 Å². The number of carbonyl (C=O) groups is 1. The van der Waals surface area contributed by atoms with Gasteiger partial charge in [-0.3, -0.25) is 4.79 Å². The fraction of sp³-hybridized carbons (Fsp3) is 0.273. The van der Waals surface area contributed by atoms with Crippen LogP contribution >= 0.6 is 23.2 Å². The largest absolute Gasteiger partial charge is 0.320 e. The van der Waals surface area contributed by atoms with Crippen LogP contribution in [-0.2, 0) is 4.79 Å². The highest BCUT2D eigenvalue weighted by atomic mass is 35.5. The number of halogens is 2. The number of amides is 1. The average Bonchev–Trinajstić information content (AvgIpc) is 2.09. The lowest BCUT2D eigenvalue weighted by Crippen LogP contribution is -2.10. The van der Waals surface area contributed by atoms with E-state index >= 15 is 0 Å². The fourth-order valence-electron chi connectivity index (χ4n) is 1.17. The van der Waals surface area contributed by atoms with E-state index in [-0.39, 0.29) is 11.1 Å². The molecular formula is C11H12Cl2N2O. The summed E-state index contributed by atoms with van der Waals surface area (Å²) in [7, 11) is 0. The Morgan fingerprint density at radius 2 is 2.06 bits per heavy atom. The first-order chi connectivity index (χ1) is 7.40. The summed E-state index contributed by atoms with van der Waals surface area (Å²) >= 11 is 11.6. The van der Waals surface area contributed by atoms with E-state index in [1.54, 1.807) is 13.0 Å². The molecule has 1 N–H and O–H groups in total. The van der Waals surface area contributed by atoms with Crippen LogP contribution in [0.5, 0.6) is 0 Å². The summed E-state index contributed by atoms with van der Waals surface area (Å²) in [6.45, 7) is 5.49. The lowest BCUT2D eigenvalue weighted by atomic mass is 10.2. The van der Waals surface area contributed by atoms with Crippen molar-refractivity contribution in [3.05, 3.63) is 33.6 Å². The summed E-state index contributed by atoms with van der Waals surface area (Å²) in [5.41, 5.74) is 2.18. The Hall–Kier alpha value is -1.06. The van der Waals surface area contributed by atoms with Crippen LogP contribution in [0.15, 0.2) is 17.7 Å². The van der Waals surface area contributed by atoms with Gasteiger partial charge in [-0.25, -0.2) is 4.98 Å². The van der Waals surface area contributed by atoms with Crippen molar-refractivity contribution in [2.45, 2.75) is 20.8 Å². The molecule has 0 saturated carbocycles. The summed E-state index contributed by atoms with van der Waals surface area (Å²) < 4.78 is 0. The quantitative estimate of drug-likeness (QED) is 0.651. The Kier molecular flexibility index (Phi) is 4.33. The average molecular weight is 259 g/mol. The van der Waals surface area contributed by atoms with Crippen LogP contribution in [0.25, 0.3) is 0 Å². The third kappa shape index (κ3) is 3.51. The molecule has 0 fully saturated rings. The maximum absolute atomic E-state index is 11.5. The predicted octanol–water partition coefficient (Wildman–Crippen LogP) is 3.60. The number of pyridine rings is 1. The predicted molar refractivity (Wildman–Crippen MR) is 67.1 cm³/mol. The molecule has 0 spiro atoms. The van der Waals surface area contributed by atoms with E-state index in [4.69, 9.17) is 23.2 Å². The highest BCUT2D eigenvalue weighted by Gasteiger charge is 2.09. The molecule has 1 heterocycles. The van der Waals surface area contributed by atoms with Gasteiger partial charge in [0.05, 0.1) is 5.69 Å². The van der Waals surface area contributed by atoms with E-state index in [1.807, 2.05) is 13.8 Å². The van der Waals surface area contributed by atoms with Crippen LogP contribution in [0.4, 0.5) is 5.69 Å². The fourth-order valence-corrected chi connectivity index (χ4v) is 1.75. The van der Waals surface area contributed by atoms with Crippen molar-refractivity contribution in [2.24, 2.45) is 0 Å². The molecule has 1 amide bonds. The lowest BCUT2D eigenvalue weighted by molar-refractivity contribution is -0.111. The lowest BCUT2D eigenvalue weighted by Gasteiger charge is -2.08. The van der Waals surface area contributed by atoms with Crippen molar-refractivity contribution >= 4 is 34.8 Å². The molecule has 3 nitrogen and oxygen atoms in total. The smallest absolute Gasteiger partial charge is 0.248 e. The van der Waals surface area contributed by atoms with Crippen molar-refractivity contribution in [3.8, 4) is 0 Å². The molecule has 0 aliphatic carbocycles. The number of hydrogen-bond acceptors (Lipinski definition) is 2. The van der Waals surface area contributed by atoms with Crippen molar-refractivity contribution in [1.29, 1.82) is 0 Å². The summed E-state index contributed by atoms with van der Waals surface area (Å²) in [4.78, 5) is 15.4. The second-order valence-corrected chi connectivity index (χ2v) is 4.38. The van der Waals surface area contributed by atoms with Crippen LogP contribution in [0.2, 0.25) is 10.3 Å². The third-order valence-electron chi connectivity index (χ3n) is 1.81. The van der Waals surface area contributed by atoms with Crippen molar-refractivity contribution < 1.29 is 4.79 Å². The first-order valence-corrected chi connectivity index (χ1v) is 5.44. The summed E-state index contributed by atoms with van der Waals surface area (Å²) in [5.74, 6) is -0.228. The molecule has 0 radical (unpaired) electrons. The van der Waals surface area contributed by atoms with E-state index in [0.29, 0.717) is 10.8 Å². The van der Waals surface area contributed by atoms with E-state index < -0.39 is 0 Å². The third-order valence-corrected chi connectivity index (χ3v) is 2.28. The molecule has 1 aromatic rings. The number of hydrogen-bond donors (Lipinski definition) is 1. The maximum atomic E-state index is 11.5. The monoisotopic (exact) mass is 258 g/mol. The highest BCUT2D eigenvalue weighted by Crippen LogP contribution is 2.26. The van der Waals surface area contributed by atoms with Crippen LogP contribution in [0.3, 0.4) is 0 Å². The normalized spacial score (nSPS) is 9.81. The second kappa shape index (κ2) is 5.32. The van der Waals surface area contributed by atoms with Crippen LogP contribution in [0, 0.1) is 6.92 Å². The van der Waals surface area contributed by atoms with Gasteiger partial charge in [0.15, 0.2) is 5.15 Å². The Balaban J connectivity index is 2.98. The number of anilines is 1. The summed E-state index contributed by atoms with van der Waals surface area (Å²) in [6.07, 6.45) is 1.49. The van der Waals surface area contributed by atoms with Gasteiger partial charge in [-0.1, -0.05) is 28.8 Å². The summed E-state index contributed by atoms with van der Waals surface area (Å²) in [5, 5.41) is 3.17. The highest BCUT2D eigenvalue weighted by molar-refractivity contribution is 6.34. The van der Waals surface area contributed by atoms with Gasteiger partial charge in [-0.2, -0.15) is 0 Å². The number of carbonyl (C=O) groups excluding carboxylic acids is 1. The zero-order valence-electron chi connectivity index (χ0n) is 9.27. The van der Waals surface area contributed by atoms with Gasteiger partial charge in [0.25, 0.3) is 0 Å². The molecule has 1 rings (SSSR count). The zero-order chi connectivity index (χ0) is 12.3. The number of rotatable bonds is 2. The molecule has 0 aliphatic heterocycles. The van der Waals surface area contributed by atoms with Crippen LogP contribution in [0.1, 0.15) is 19.4 Å². The number of nitrogens with zero attached hydrogens (tertiary/aromatic N) is 1. The first-order valence-electron chi connectivity index (χ1n) is 4.68. The Bertz CT molecular complexity index is 428. The molecule has 0 saturated heterocycles.